The van der Waals surface area contributed by atoms with Crippen LogP contribution >= 0.6 is 0 Å². The van der Waals surface area contributed by atoms with E-state index in [1.165, 1.54) is 31.4 Å². The summed E-state index contributed by atoms with van der Waals surface area (Å²) < 4.78 is 35.0. The van der Waals surface area contributed by atoms with Crippen LogP contribution in [0.25, 0.3) is 6.08 Å². The van der Waals surface area contributed by atoms with Gasteiger partial charge in [-0.25, -0.2) is 0 Å². The van der Waals surface area contributed by atoms with Gasteiger partial charge in [-0.15, -0.1) is 0 Å². The molecule has 1 fully saturated rings. The summed E-state index contributed by atoms with van der Waals surface area (Å²) in [7, 11) is 1.34. The van der Waals surface area contributed by atoms with Crippen LogP contribution in [0.3, 0.4) is 0 Å². The van der Waals surface area contributed by atoms with E-state index in [2.05, 4.69) is 15.4 Å². The molecule has 1 saturated carbocycles. The maximum absolute atomic E-state index is 12.7. The Hall–Kier alpha value is -3.42. The SMILES string of the molecule is COc1cccc(C=CC(=O)Nc2cc(C(=O)NC3CC3)ccc2C)c1OC(F)F. The number of hydrogen-bond donors (Lipinski definition) is 2. The van der Waals surface area contributed by atoms with E-state index in [4.69, 9.17) is 4.74 Å². The third kappa shape index (κ3) is 5.56. The molecule has 2 aromatic carbocycles. The van der Waals surface area contributed by atoms with E-state index in [9.17, 15) is 18.4 Å². The highest BCUT2D eigenvalue weighted by Crippen LogP contribution is 2.33. The predicted molar refractivity (Wildman–Crippen MR) is 109 cm³/mol. The molecule has 8 heteroatoms. The molecule has 0 aliphatic heterocycles. The molecule has 2 aromatic rings. The second-order valence-corrected chi connectivity index (χ2v) is 6.86. The Balaban J connectivity index is 1.74. The fraction of sp³-hybridized carbons (Fsp3) is 0.273. The fourth-order valence-corrected chi connectivity index (χ4v) is 2.77. The average molecular weight is 416 g/mol. The van der Waals surface area contributed by atoms with E-state index in [-0.39, 0.29) is 29.0 Å². The Morgan fingerprint density at radius 3 is 2.63 bits per heavy atom. The molecular formula is C22H22F2N2O4. The van der Waals surface area contributed by atoms with E-state index < -0.39 is 12.5 Å². The van der Waals surface area contributed by atoms with Gasteiger partial charge in [-0.1, -0.05) is 18.2 Å². The van der Waals surface area contributed by atoms with E-state index >= 15 is 0 Å². The molecule has 0 unspecified atom stereocenters. The quantitative estimate of drug-likeness (QED) is 0.634. The van der Waals surface area contributed by atoms with E-state index in [0.29, 0.717) is 11.3 Å². The summed E-state index contributed by atoms with van der Waals surface area (Å²) in [5.74, 6) is -0.700. The number of ether oxygens (including phenoxy) is 2. The number of hydrogen-bond acceptors (Lipinski definition) is 4. The second-order valence-electron chi connectivity index (χ2n) is 6.86. The Morgan fingerprint density at radius 1 is 1.20 bits per heavy atom. The van der Waals surface area contributed by atoms with Crippen LogP contribution in [-0.4, -0.2) is 31.6 Å². The van der Waals surface area contributed by atoms with Crippen LogP contribution < -0.4 is 20.1 Å². The first-order chi connectivity index (χ1) is 14.4. The number of para-hydroxylation sites is 1. The molecule has 30 heavy (non-hydrogen) atoms. The van der Waals surface area contributed by atoms with Crippen LogP contribution in [0.4, 0.5) is 14.5 Å². The largest absolute Gasteiger partial charge is 0.493 e. The van der Waals surface area contributed by atoms with Gasteiger partial charge >= 0.3 is 6.61 Å². The summed E-state index contributed by atoms with van der Waals surface area (Å²) in [5.41, 5.74) is 1.98. The Bertz CT molecular complexity index is 972. The summed E-state index contributed by atoms with van der Waals surface area (Å²) in [6.45, 7) is -1.23. The number of carbonyl (C=O) groups excluding carboxylic acids is 2. The molecule has 0 radical (unpaired) electrons. The molecule has 6 nitrogen and oxygen atoms in total. The molecule has 0 spiro atoms. The van der Waals surface area contributed by atoms with Crippen molar-refractivity contribution in [1.82, 2.24) is 5.32 Å². The van der Waals surface area contributed by atoms with E-state index in [0.717, 1.165) is 18.4 Å². The molecule has 2 amide bonds. The number of rotatable bonds is 8. The summed E-state index contributed by atoms with van der Waals surface area (Å²) in [6, 6.07) is 9.89. The normalized spacial score (nSPS) is 13.4. The van der Waals surface area contributed by atoms with Crippen molar-refractivity contribution in [2.45, 2.75) is 32.4 Å². The topological polar surface area (TPSA) is 76.7 Å². The molecular weight excluding hydrogens is 394 g/mol. The minimum Gasteiger partial charge on any atom is -0.493 e. The standard InChI is InChI=1S/C22H22F2N2O4/c1-13-6-7-15(21(28)25-16-9-10-16)12-17(13)26-19(27)11-8-14-4-3-5-18(29-2)20(14)30-22(23)24/h3-8,11-12,16,22H,9-10H2,1-2H3,(H,25,28)(H,26,27). The maximum atomic E-state index is 12.7. The number of anilines is 1. The summed E-state index contributed by atoms with van der Waals surface area (Å²) >= 11 is 0. The highest BCUT2D eigenvalue weighted by Gasteiger charge is 2.24. The molecule has 0 saturated heterocycles. The number of aryl methyl sites for hydroxylation is 1. The highest BCUT2D eigenvalue weighted by atomic mass is 19.3. The van der Waals surface area contributed by atoms with Gasteiger partial charge in [-0.3, -0.25) is 9.59 Å². The van der Waals surface area contributed by atoms with Gasteiger partial charge < -0.3 is 20.1 Å². The summed E-state index contributed by atoms with van der Waals surface area (Å²) in [5, 5.41) is 5.60. The predicted octanol–water partition coefficient (Wildman–Crippen LogP) is 4.15. The maximum Gasteiger partial charge on any atom is 0.387 e. The van der Waals surface area contributed by atoms with Crippen molar-refractivity contribution in [2.75, 3.05) is 12.4 Å². The van der Waals surface area contributed by atoms with Crippen molar-refractivity contribution in [3.63, 3.8) is 0 Å². The van der Waals surface area contributed by atoms with Crippen LogP contribution in [0.15, 0.2) is 42.5 Å². The molecule has 0 atom stereocenters. The zero-order chi connectivity index (χ0) is 21.7. The molecule has 2 N–H and O–H groups in total. The molecule has 0 aromatic heterocycles. The van der Waals surface area contributed by atoms with Crippen molar-refractivity contribution in [2.24, 2.45) is 0 Å². The number of carbonyl (C=O) groups is 2. The third-order valence-corrected chi connectivity index (χ3v) is 4.52. The molecule has 0 heterocycles. The van der Waals surface area contributed by atoms with Crippen molar-refractivity contribution >= 4 is 23.6 Å². The van der Waals surface area contributed by atoms with E-state index in [1.54, 1.807) is 31.2 Å². The third-order valence-electron chi connectivity index (χ3n) is 4.52. The highest BCUT2D eigenvalue weighted by molar-refractivity contribution is 6.04. The number of amides is 2. The number of methoxy groups -OCH3 is 1. The number of alkyl halides is 2. The second kappa shape index (κ2) is 9.39. The van der Waals surface area contributed by atoms with Crippen LogP contribution in [-0.2, 0) is 4.79 Å². The van der Waals surface area contributed by atoms with Crippen molar-refractivity contribution in [3.8, 4) is 11.5 Å². The first kappa shape index (κ1) is 21.3. The summed E-state index contributed by atoms with van der Waals surface area (Å²) in [4.78, 5) is 24.6. The Morgan fingerprint density at radius 2 is 1.97 bits per heavy atom. The van der Waals surface area contributed by atoms with Gasteiger partial charge in [0.05, 0.1) is 7.11 Å². The smallest absolute Gasteiger partial charge is 0.387 e. The van der Waals surface area contributed by atoms with Crippen LogP contribution in [0.2, 0.25) is 0 Å². The molecule has 3 rings (SSSR count). The van der Waals surface area contributed by atoms with Gasteiger partial charge in [-0.2, -0.15) is 8.78 Å². The van der Waals surface area contributed by atoms with Gasteiger partial charge in [0.25, 0.3) is 5.91 Å². The Labute approximate surface area is 172 Å². The number of nitrogens with one attached hydrogen (secondary N) is 2. The van der Waals surface area contributed by atoms with Gasteiger partial charge in [0.1, 0.15) is 0 Å². The number of benzene rings is 2. The minimum atomic E-state index is -3.03. The van der Waals surface area contributed by atoms with Crippen LogP contribution in [0, 0.1) is 6.92 Å². The van der Waals surface area contributed by atoms with Crippen LogP contribution in [0.1, 0.15) is 34.3 Å². The Kier molecular flexibility index (Phi) is 6.66. The van der Waals surface area contributed by atoms with Crippen molar-refractivity contribution < 1.29 is 27.8 Å². The lowest BCUT2D eigenvalue weighted by molar-refractivity contribution is -0.111. The first-order valence-electron chi connectivity index (χ1n) is 9.39. The molecule has 1 aliphatic carbocycles. The fourth-order valence-electron chi connectivity index (χ4n) is 2.77. The molecule has 0 bridgehead atoms. The zero-order valence-corrected chi connectivity index (χ0v) is 16.6. The van der Waals surface area contributed by atoms with Crippen molar-refractivity contribution in [1.29, 1.82) is 0 Å². The van der Waals surface area contributed by atoms with Gasteiger partial charge in [-0.05, 0) is 49.6 Å². The summed E-state index contributed by atoms with van der Waals surface area (Å²) in [6.07, 6.45) is 4.51. The lowest BCUT2D eigenvalue weighted by Gasteiger charge is -2.12. The first-order valence-corrected chi connectivity index (χ1v) is 9.39. The average Bonchev–Trinajstić information content (AvgIpc) is 3.52. The van der Waals surface area contributed by atoms with Gasteiger partial charge in [0.2, 0.25) is 5.91 Å². The lowest BCUT2D eigenvalue weighted by atomic mass is 10.1. The van der Waals surface area contributed by atoms with Gasteiger partial charge in [0, 0.05) is 28.9 Å². The molecule has 158 valence electrons. The minimum absolute atomic E-state index is 0.128. The van der Waals surface area contributed by atoms with Gasteiger partial charge in [0.15, 0.2) is 11.5 Å². The molecule has 1 aliphatic rings. The van der Waals surface area contributed by atoms with E-state index in [1.807, 2.05) is 0 Å². The zero-order valence-electron chi connectivity index (χ0n) is 16.6. The van der Waals surface area contributed by atoms with Crippen LogP contribution in [0.5, 0.6) is 11.5 Å². The monoisotopic (exact) mass is 416 g/mol. The lowest BCUT2D eigenvalue weighted by Crippen LogP contribution is -2.25. The number of halogens is 2. The van der Waals surface area contributed by atoms with Crippen molar-refractivity contribution in [3.05, 3.63) is 59.2 Å².